The van der Waals surface area contributed by atoms with Gasteiger partial charge in [0.15, 0.2) is 0 Å². The molecular weight excluding hydrogens is 192 g/mol. The highest BCUT2D eigenvalue weighted by Crippen LogP contribution is 2.60. The molecule has 1 rings (SSSR count). The number of esters is 1. The third kappa shape index (κ3) is 2.20. The fourth-order valence-electron chi connectivity index (χ4n) is 1.60. The quantitative estimate of drug-likeness (QED) is 0.647. The smallest absolute Gasteiger partial charge is 0.302 e. The monoisotopic (exact) mass is 207 g/mol. The molecule has 0 amide bonds. The summed E-state index contributed by atoms with van der Waals surface area (Å²) >= 11 is 0. The van der Waals surface area contributed by atoms with Gasteiger partial charge in [0.1, 0.15) is 6.61 Å². The number of carbonyl (C=O) groups is 1. The molecule has 82 valence electrons. The van der Waals surface area contributed by atoms with Crippen LogP contribution in [0.4, 0.5) is 8.78 Å². The van der Waals surface area contributed by atoms with E-state index in [0.29, 0.717) is 0 Å². The number of alkyl halides is 2. The van der Waals surface area contributed by atoms with Crippen molar-refractivity contribution in [3.8, 4) is 0 Å². The summed E-state index contributed by atoms with van der Waals surface area (Å²) in [5, 5.41) is 0. The Kier molecular flexibility index (Phi) is 2.81. The fraction of sp³-hybridized carbons (Fsp3) is 0.889. The van der Waals surface area contributed by atoms with Crippen LogP contribution < -0.4 is 0 Å². The van der Waals surface area contributed by atoms with Crippen molar-refractivity contribution < 1.29 is 18.3 Å². The second kappa shape index (κ2) is 3.46. The molecule has 0 aliphatic heterocycles. The first-order valence-corrected chi connectivity index (χ1v) is 4.45. The van der Waals surface area contributed by atoms with Gasteiger partial charge in [-0.3, -0.25) is 4.79 Å². The molecule has 0 bridgehead atoms. The van der Waals surface area contributed by atoms with Gasteiger partial charge in [-0.2, -0.15) is 0 Å². The molecule has 0 saturated heterocycles. The molecule has 0 N–H and O–H groups in total. The lowest BCUT2D eigenvalue weighted by molar-refractivity contribution is -0.144. The summed E-state index contributed by atoms with van der Waals surface area (Å²) in [4.78, 5) is 12.2. The lowest BCUT2D eigenvalue weighted by Crippen LogP contribution is -2.31. The predicted molar refractivity (Wildman–Crippen MR) is 47.2 cm³/mol. The zero-order chi connectivity index (χ0) is 11.0. The Bertz CT molecular complexity index is 243. The molecule has 0 radical (unpaired) electrons. The van der Waals surface area contributed by atoms with Crippen LogP contribution in [0.15, 0.2) is 0 Å². The molecule has 3 nitrogen and oxygen atoms in total. The van der Waals surface area contributed by atoms with Crippen molar-refractivity contribution in [2.75, 3.05) is 27.2 Å². The number of hydrogen-bond donors (Lipinski definition) is 0. The van der Waals surface area contributed by atoms with Crippen LogP contribution in [0.25, 0.3) is 0 Å². The molecular formula is C9H15F2NO2. The average Bonchev–Trinajstić information content (AvgIpc) is 2.48. The molecule has 1 atom stereocenters. The highest BCUT2D eigenvalue weighted by molar-refractivity contribution is 5.66. The van der Waals surface area contributed by atoms with Gasteiger partial charge in [0.05, 0.1) is 5.41 Å². The molecule has 0 unspecified atom stereocenters. The number of carbonyl (C=O) groups excluding carboxylic acids is 1. The van der Waals surface area contributed by atoms with Crippen molar-refractivity contribution in [2.24, 2.45) is 5.41 Å². The second-order valence-corrected chi connectivity index (χ2v) is 4.18. The van der Waals surface area contributed by atoms with E-state index in [-0.39, 0.29) is 19.6 Å². The van der Waals surface area contributed by atoms with E-state index in [2.05, 4.69) is 4.74 Å². The fourth-order valence-corrected chi connectivity index (χ4v) is 1.60. The van der Waals surface area contributed by atoms with Crippen molar-refractivity contribution in [2.45, 2.75) is 19.3 Å². The van der Waals surface area contributed by atoms with Crippen molar-refractivity contribution in [3.05, 3.63) is 0 Å². The van der Waals surface area contributed by atoms with Gasteiger partial charge in [-0.05, 0) is 14.1 Å². The van der Waals surface area contributed by atoms with Gasteiger partial charge in [0, 0.05) is 19.9 Å². The zero-order valence-electron chi connectivity index (χ0n) is 8.64. The number of hydrogen-bond acceptors (Lipinski definition) is 3. The van der Waals surface area contributed by atoms with E-state index >= 15 is 0 Å². The Hall–Kier alpha value is -0.710. The van der Waals surface area contributed by atoms with Gasteiger partial charge in [-0.15, -0.1) is 0 Å². The lowest BCUT2D eigenvalue weighted by atomic mass is 10.1. The third-order valence-corrected chi connectivity index (χ3v) is 2.38. The number of halogens is 2. The molecule has 5 heteroatoms. The first-order valence-electron chi connectivity index (χ1n) is 4.45. The normalized spacial score (nSPS) is 29.0. The predicted octanol–water partition coefficient (Wildman–Crippen LogP) is 1.14. The maximum Gasteiger partial charge on any atom is 0.302 e. The van der Waals surface area contributed by atoms with Gasteiger partial charge < -0.3 is 9.64 Å². The maximum atomic E-state index is 13.0. The molecule has 0 aromatic heterocycles. The SMILES string of the molecule is CC(=O)OC[C@]1(CN(C)C)CC1(F)F. The van der Waals surface area contributed by atoms with Crippen LogP contribution in [0.2, 0.25) is 0 Å². The molecule has 1 aliphatic carbocycles. The van der Waals surface area contributed by atoms with Crippen LogP contribution in [0.3, 0.4) is 0 Å². The molecule has 0 aromatic rings. The van der Waals surface area contributed by atoms with Crippen LogP contribution in [0.5, 0.6) is 0 Å². The first kappa shape index (κ1) is 11.4. The van der Waals surface area contributed by atoms with Crippen molar-refractivity contribution in [3.63, 3.8) is 0 Å². The van der Waals surface area contributed by atoms with Gasteiger partial charge in [0.25, 0.3) is 5.92 Å². The number of ether oxygens (including phenoxy) is 1. The summed E-state index contributed by atoms with van der Waals surface area (Å²) in [7, 11) is 3.45. The van der Waals surface area contributed by atoms with Crippen LogP contribution in [-0.2, 0) is 9.53 Å². The largest absolute Gasteiger partial charge is 0.465 e. The summed E-state index contributed by atoms with van der Waals surface area (Å²) in [6, 6.07) is 0. The van der Waals surface area contributed by atoms with E-state index in [9.17, 15) is 13.6 Å². The van der Waals surface area contributed by atoms with Crippen molar-refractivity contribution in [1.82, 2.24) is 4.90 Å². The second-order valence-electron chi connectivity index (χ2n) is 4.18. The number of rotatable bonds is 4. The Morgan fingerprint density at radius 2 is 2.00 bits per heavy atom. The van der Waals surface area contributed by atoms with Crippen LogP contribution in [0, 0.1) is 5.41 Å². The van der Waals surface area contributed by atoms with Gasteiger partial charge in [-0.25, -0.2) is 8.78 Å². The highest BCUT2D eigenvalue weighted by atomic mass is 19.3. The Balaban J connectivity index is 2.53. The van der Waals surface area contributed by atoms with E-state index < -0.39 is 17.3 Å². The molecule has 1 fully saturated rings. The third-order valence-electron chi connectivity index (χ3n) is 2.38. The lowest BCUT2D eigenvalue weighted by Gasteiger charge is -2.20. The minimum atomic E-state index is -2.69. The number of nitrogens with zero attached hydrogens (tertiary/aromatic N) is 1. The molecule has 0 aromatic carbocycles. The standard InChI is InChI=1S/C9H15F2NO2/c1-7(13)14-6-8(5-12(2)3)4-9(8,10)11/h4-6H2,1-3H3/t8-/m1/s1. The maximum absolute atomic E-state index is 13.0. The van der Waals surface area contributed by atoms with Crippen LogP contribution >= 0.6 is 0 Å². The Labute approximate surface area is 82.0 Å². The first-order chi connectivity index (χ1) is 6.29. The summed E-state index contributed by atoms with van der Waals surface area (Å²) in [6.07, 6.45) is -0.189. The molecule has 1 saturated carbocycles. The van der Waals surface area contributed by atoms with Crippen LogP contribution in [-0.4, -0.2) is 44.0 Å². The van der Waals surface area contributed by atoms with Crippen molar-refractivity contribution in [1.29, 1.82) is 0 Å². The summed E-state index contributed by atoms with van der Waals surface area (Å²) < 4.78 is 30.7. The van der Waals surface area contributed by atoms with E-state index in [0.717, 1.165) is 0 Å². The highest BCUT2D eigenvalue weighted by Gasteiger charge is 2.71. The minimum absolute atomic E-state index is 0.187. The van der Waals surface area contributed by atoms with Gasteiger partial charge >= 0.3 is 5.97 Å². The van der Waals surface area contributed by atoms with E-state index in [1.54, 1.807) is 19.0 Å². The van der Waals surface area contributed by atoms with Crippen LogP contribution in [0.1, 0.15) is 13.3 Å². The summed E-state index contributed by atoms with van der Waals surface area (Å²) in [5.74, 6) is -3.20. The zero-order valence-corrected chi connectivity index (χ0v) is 8.64. The Morgan fingerprint density at radius 1 is 1.50 bits per heavy atom. The topological polar surface area (TPSA) is 29.5 Å². The average molecular weight is 207 g/mol. The molecule has 14 heavy (non-hydrogen) atoms. The van der Waals surface area contributed by atoms with E-state index in [1.807, 2.05) is 0 Å². The van der Waals surface area contributed by atoms with Gasteiger partial charge in [-0.1, -0.05) is 0 Å². The molecule has 0 spiro atoms. The van der Waals surface area contributed by atoms with Crippen molar-refractivity contribution >= 4 is 5.97 Å². The molecule has 1 aliphatic rings. The summed E-state index contributed by atoms with van der Waals surface area (Å²) in [6.45, 7) is 1.28. The van der Waals surface area contributed by atoms with E-state index in [1.165, 1.54) is 6.92 Å². The minimum Gasteiger partial charge on any atom is -0.465 e. The van der Waals surface area contributed by atoms with E-state index in [4.69, 9.17) is 0 Å². The molecule has 0 heterocycles. The van der Waals surface area contributed by atoms with Gasteiger partial charge in [0.2, 0.25) is 0 Å². The summed E-state index contributed by atoms with van der Waals surface area (Å²) in [5.41, 5.74) is -1.15. The Morgan fingerprint density at radius 3 is 2.29 bits per heavy atom.